The molecule has 0 unspecified atom stereocenters. The van der Waals surface area contributed by atoms with Crippen LogP contribution in [0.15, 0.2) is 47.4 Å². The number of H-pyrrole nitrogens is 1. The minimum Gasteiger partial charge on any atom is -0.340 e. The highest BCUT2D eigenvalue weighted by Gasteiger charge is 2.55. The van der Waals surface area contributed by atoms with E-state index in [2.05, 4.69) is 16.4 Å². The predicted octanol–water partition coefficient (Wildman–Crippen LogP) is 8.27. The van der Waals surface area contributed by atoms with Gasteiger partial charge in [-0.05, 0) is 72.7 Å². The Morgan fingerprint density at radius 2 is 1.60 bits per heavy atom. The van der Waals surface area contributed by atoms with Crippen molar-refractivity contribution in [3.63, 3.8) is 0 Å². The molecule has 0 bridgehead atoms. The van der Waals surface area contributed by atoms with Gasteiger partial charge in [0.2, 0.25) is 17.4 Å². The van der Waals surface area contributed by atoms with Gasteiger partial charge in [-0.1, -0.05) is 70.1 Å². The Morgan fingerprint density at radius 3 is 2.23 bits per heavy atom. The molecule has 2 N–H and O–H groups in total. The van der Waals surface area contributed by atoms with Crippen molar-refractivity contribution in [2.45, 2.75) is 109 Å². The third-order valence-corrected chi connectivity index (χ3v) is 16.6. The summed E-state index contributed by atoms with van der Waals surface area (Å²) in [4.78, 5) is 84.8. The maximum absolute atomic E-state index is 16.4. The molecule has 0 spiro atoms. The number of halogens is 2. The van der Waals surface area contributed by atoms with Gasteiger partial charge in [0, 0.05) is 71.9 Å². The molecule has 65 heavy (non-hydrogen) atoms. The van der Waals surface area contributed by atoms with Gasteiger partial charge in [-0.15, -0.1) is 11.3 Å². The van der Waals surface area contributed by atoms with Crippen molar-refractivity contribution in [3.8, 4) is 6.07 Å². The molecule has 3 saturated heterocycles. The fraction of sp³-hybridized carbons (Fsp3) is 0.578. The number of hydrogen-bond acceptors (Lipinski definition) is 13. The van der Waals surface area contributed by atoms with Crippen molar-refractivity contribution in [1.82, 2.24) is 20.1 Å². The average Bonchev–Trinajstić information content (AvgIpc) is 4.00. The largest absolute Gasteiger partial charge is 0.404 e. The van der Waals surface area contributed by atoms with Crippen molar-refractivity contribution >= 4 is 80.5 Å². The smallest absolute Gasteiger partial charge is 0.340 e. The van der Waals surface area contributed by atoms with E-state index in [1.54, 1.807) is 15.9 Å². The Hall–Kier alpha value is -3.92. The standard InChI is InChI=1S/C45H56F2N5O9PS3/c1-27(2)19-40(54)63-17-15-60-62(59,61-16-18-64-41(55)20-28(3)4)45(46,47)32-9-12-37-30(21-32)22-38(65-37)42(56)50-35-8-6-5-7-33-10-11-36(52(33)43(35)57)44(58)51-25-31(24-48)34(26-51)29-13-14-49-39(53)23-29/h9,12-14,21-23,27-28,31,33-36H,5-8,10-11,15-20,25-26H2,1-4H3,(H,49,53)(H,50,56)/t31-,33-,34+,35-,36-/m0/s1. The highest BCUT2D eigenvalue weighted by molar-refractivity contribution is 8.13. The van der Waals surface area contributed by atoms with Crippen LogP contribution in [0.5, 0.6) is 0 Å². The zero-order valence-electron chi connectivity index (χ0n) is 36.9. The van der Waals surface area contributed by atoms with Crippen LogP contribution in [-0.4, -0.2) is 98.7 Å². The van der Waals surface area contributed by atoms with Gasteiger partial charge in [0.15, 0.2) is 10.2 Å². The Balaban J connectivity index is 1.15. The fourth-order valence-electron chi connectivity index (χ4n) is 8.60. The van der Waals surface area contributed by atoms with Gasteiger partial charge < -0.3 is 29.1 Å². The molecule has 1 aromatic carbocycles. The van der Waals surface area contributed by atoms with Crippen LogP contribution in [0.25, 0.3) is 10.1 Å². The van der Waals surface area contributed by atoms with Gasteiger partial charge >= 0.3 is 13.3 Å². The Morgan fingerprint density at radius 1 is 0.938 bits per heavy atom. The lowest BCUT2D eigenvalue weighted by Gasteiger charge is -2.36. The molecule has 14 nitrogen and oxygen atoms in total. The number of nitrogens with zero attached hydrogens (tertiary/aromatic N) is 3. The maximum Gasteiger partial charge on any atom is 0.404 e. The number of pyridine rings is 1. The first-order valence-corrected chi connectivity index (χ1v) is 26.4. The van der Waals surface area contributed by atoms with E-state index in [1.165, 1.54) is 24.4 Å². The Labute approximate surface area is 389 Å². The van der Waals surface area contributed by atoms with Crippen molar-refractivity contribution in [3.05, 3.63) is 69.0 Å². The monoisotopic (exact) mass is 975 g/mol. The fourth-order valence-corrected chi connectivity index (χ4v) is 13.0. The van der Waals surface area contributed by atoms with Crippen LogP contribution in [-0.2, 0) is 38.5 Å². The molecule has 2 aromatic heterocycles. The lowest BCUT2D eigenvalue weighted by molar-refractivity contribution is -0.146. The molecule has 5 atom stereocenters. The van der Waals surface area contributed by atoms with Gasteiger partial charge in [0.05, 0.1) is 30.1 Å². The van der Waals surface area contributed by atoms with Crippen LogP contribution in [0.2, 0.25) is 0 Å². The molecule has 0 radical (unpaired) electrons. The quantitative estimate of drug-likeness (QED) is 0.0916. The van der Waals surface area contributed by atoms with Crippen LogP contribution >= 0.6 is 42.5 Å². The van der Waals surface area contributed by atoms with Crippen molar-refractivity contribution in [1.29, 1.82) is 5.26 Å². The molecule has 3 aromatic rings. The number of nitrogens with one attached hydrogen (secondary N) is 2. The molecule has 3 amide bonds. The molecule has 0 saturated carbocycles. The van der Waals surface area contributed by atoms with Crippen LogP contribution in [0.3, 0.4) is 0 Å². The number of likely N-dealkylation sites (tertiary alicyclic amines) is 1. The summed E-state index contributed by atoms with van der Waals surface area (Å²) in [6, 6.07) is 8.49. The van der Waals surface area contributed by atoms with E-state index in [4.69, 9.17) is 9.05 Å². The summed E-state index contributed by atoms with van der Waals surface area (Å²) in [6.45, 7) is 6.96. The van der Waals surface area contributed by atoms with Gasteiger partial charge in [0.1, 0.15) is 12.1 Å². The number of thioether (sulfide) groups is 2. The summed E-state index contributed by atoms with van der Waals surface area (Å²) in [6.07, 6.45) is 5.56. The maximum atomic E-state index is 16.4. The predicted molar refractivity (Wildman–Crippen MR) is 248 cm³/mol. The molecular weight excluding hydrogens is 920 g/mol. The topological polar surface area (TPSA) is 196 Å². The van der Waals surface area contributed by atoms with Gasteiger partial charge in [-0.3, -0.25) is 33.3 Å². The van der Waals surface area contributed by atoms with E-state index in [9.17, 15) is 38.6 Å². The number of amides is 3. The zero-order valence-corrected chi connectivity index (χ0v) is 40.3. The van der Waals surface area contributed by atoms with Crippen molar-refractivity contribution in [2.75, 3.05) is 37.8 Å². The minimum atomic E-state index is -5.26. The number of benzene rings is 1. The number of rotatable bonds is 18. The van der Waals surface area contributed by atoms with Crippen LogP contribution in [0.1, 0.15) is 106 Å². The second-order valence-corrected chi connectivity index (χ2v) is 23.0. The molecule has 3 aliphatic rings. The Bertz CT molecular complexity index is 2350. The number of aromatic nitrogens is 1. The molecule has 6 rings (SSSR count). The molecule has 0 aliphatic carbocycles. The second kappa shape index (κ2) is 22.3. The Kier molecular flexibility index (Phi) is 17.3. The van der Waals surface area contributed by atoms with E-state index in [1.807, 2.05) is 27.7 Å². The second-order valence-electron chi connectivity index (χ2n) is 17.6. The van der Waals surface area contributed by atoms with E-state index < -0.39 is 55.9 Å². The van der Waals surface area contributed by atoms with E-state index in [0.717, 1.165) is 53.4 Å². The highest BCUT2D eigenvalue weighted by atomic mass is 32.2. The number of aromatic amines is 1. The summed E-state index contributed by atoms with van der Waals surface area (Å²) < 4.78 is 58.1. The van der Waals surface area contributed by atoms with E-state index in [-0.39, 0.29) is 99.1 Å². The number of nitriles is 1. The van der Waals surface area contributed by atoms with Crippen molar-refractivity contribution < 1.29 is 46.4 Å². The molecule has 3 fully saturated rings. The zero-order chi connectivity index (χ0) is 47.1. The molecule has 3 aliphatic heterocycles. The van der Waals surface area contributed by atoms with Crippen LogP contribution < -0.4 is 10.9 Å². The highest BCUT2D eigenvalue weighted by Crippen LogP contribution is 2.67. The van der Waals surface area contributed by atoms with Gasteiger partial charge in [-0.2, -0.15) is 14.0 Å². The number of alkyl halides is 2. The minimum absolute atomic E-state index is 0.0297. The molecular formula is C45H56F2N5O9PS3. The number of thiophene rings is 1. The number of hydrogen-bond donors (Lipinski definition) is 2. The van der Waals surface area contributed by atoms with E-state index in [0.29, 0.717) is 42.4 Å². The SMILES string of the molecule is CC(C)CC(=O)SCCOP(=O)(OCCSC(=O)CC(C)C)C(F)(F)c1ccc2sc(C(=O)N[C@H]3CCCC[C@H]4CC[C@@H](C(=O)N5C[C@H](c6cc[nH]c(=O)c6)[C@@H](C#N)C5)N4C3=O)cc2c1. The lowest BCUT2D eigenvalue weighted by Crippen LogP contribution is -2.56. The van der Waals surface area contributed by atoms with E-state index >= 15 is 8.78 Å². The molecule has 20 heteroatoms. The number of fused-ring (bicyclic) bond motifs is 2. The third-order valence-electron chi connectivity index (χ3n) is 11.7. The summed E-state index contributed by atoms with van der Waals surface area (Å²) in [5.41, 5.74) is -4.49. The van der Waals surface area contributed by atoms with Crippen molar-refractivity contribution in [2.24, 2.45) is 17.8 Å². The summed E-state index contributed by atoms with van der Waals surface area (Å²) in [5.74, 6) is -2.02. The summed E-state index contributed by atoms with van der Waals surface area (Å²) >= 11 is 2.82. The molecule has 352 valence electrons. The third kappa shape index (κ3) is 12.4. The van der Waals surface area contributed by atoms with Crippen LogP contribution in [0.4, 0.5) is 8.78 Å². The number of carbonyl (C=O) groups excluding carboxylic acids is 5. The number of carbonyl (C=O) groups is 5. The average molecular weight is 976 g/mol. The normalized spacial score (nSPS) is 21.6. The first kappa shape index (κ1) is 50.5. The molecule has 5 heterocycles. The first-order valence-electron chi connectivity index (χ1n) is 22.0. The van der Waals surface area contributed by atoms with Crippen LogP contribution in [0, 0.1) is 29.1 Å². The van der Waals surface area contributed by atoms with Gasteiger partial charge in [-0.25, -0.2) is 0 Å². The van der Waals surface area contributed by atoms with Gasteiger partial charge in [0.25, 0.3) is 5.91 Å². The lowest BCUT2D eigenvalue weighted by atomic mass is 9.91. The first-order chi connectivity index (χ1) is 30.9. The summed E-state index contributed by atoms with van der Waals surface area (Å²) in [5, 5.41) is 12.8. The summed E-state index contributed by atoms with van der Waals surface area (Å²) in [7, 11) is -5.26.